The third-order valence-electron chi connectivity index (χ3n) is 3.25. The fourth-order valence-electron chi connectivity index (χ4n) is 2.18. The summed E-state index contributed by atoms with van der Waals surface area (Å²) in [5, 5.41) is 27.8. The Labute approximate surface area is 117 Å². The zero-order valence-corrected chi connectivity index (χ0v) is 11.2. The zero-order valence-electron chi connectivity index (χ0n) is 11.2. The molecule has 0 aliphatic carbocycles. The Morgan fingerprint density at radius 3 is 2.60 bits per heavy atom. The number of likely N-dealkylation sites (tertiary alicyclic amines) is 1. The number of carbonyl (C=O) groups is 1. The van der Waals surface area contributed by atoms with Gasteiger partial charge < -0.3 is 20.2 Å². The van der Waals surface area contributed by atoms with E-state index in [9.17, 15) is 15.0 Å². The second-order valence-electron chi connectivity index (χ2n) is 4.85. The van der Waals surface area contributed by atoms with Crippen LogP contribution in [0.25, 0.3) is 0 Å². The van der Waals surface area contributed by atoms with Crippen molar-refractivity contribution in [1.82, 2.24) is 4.90 Å². The molecule has 1 aromatic rings. The van der Waals surface area contributed by atoms with E-state index in [1.165, 1.54) is 4.90 Å². The molecule has 5 heteroatoms. The predicted octanol–water partition coefficient (Wildman–Crippen LogP) is -0.484. The van der Waals surface area contributed by atoms with E-state index in [1.807, 2.05) is 13.0 Å². The van der Waals surface area contributed by atoms with Crippen LogP contribution in [0.5, 0.6) is 0 Å². The Morgan fingerprint density at radius 2 is 2.00 bits per heavy atom. The summed E-state index contributed by atoms with van der Waals surface area (Å²) in [6, 6.07) is 5.29. The summed E-state index contributed by atoms with van der Waals surface area (Å²) in [7, 11) is 0. The van der Waals surface area contributed by atoms with Crippen LogP contribution in [0.3, 0.4) is 0 Å². The summed E-state index contributed by atoms with van der Waals surface area (Å²) in [4.78, 5) is 13.9. The number of amides is 1. The summed E-state index contributed by atoms with van der Waals surface area (Å²) in [5.74, 6) is 5.00. The van der Waals surface area contributed by atoms with E-state index < -0.39 is 12.2 Å². The molecule has 0 bridgehead atoms. The lowest BCUT2D eigenvalue weighted by Gasteiger charge is -2.16. The molecule has 2 atom stereocenters. The average molecular weight is 275 g/mol. The van der Waals surface area contributed by atoms with E-state index in [2.05, 4.69) is 11.8 Å². The lowest BCUT2D eigenvalue weighted by molar-refractivity contribution is 0.0572. The molecule has 2 rings (SSSR count). The molecular formula is C15H17NO4. The van der Waals surface area contributed by atoms with Gasteiger partial charge in [-0.25, -0.2) is 0 Å². The molecule has 20 heavy (non-hydrogen) atoms. The topological polar surface area (TPSA) is 81.0 Å². The van der Waals surface area contributed by atoms with Crippen LogP contribution in [0.4, 0.5) is 0 Å². The highest BCUT2D eigenvalue weighted by molar-refractivity contribution is 5.97. The quantitative estimate of drug-likeness (QED) is 0.605. The number of hydrogen-bond donors (Lipinski definition) is 3. The van der Waals surface area contributed by atoms with Gasteiger partial charge in [0.2, 0.25) is 0 Å². The van der Waals surface area contributed by atoms with E-state index in [0.717, 1.165) is 5.56 Å². The smallest absolute Gasteiger partial charge is 0.255 e. The van der Waals surface area contributed by atoms with Gasteiger partial charge in [0.1, 0.15) is 6.61 Å². The first-order valence-corrected chi connectivity index (χ1v) is 6.38. The van der Waals surface area contributed by atoms with Crippen molar-refractivity contribution in [2.75, 3.05) is 19.7 Å². The van der Waals surface area contributed by atoms with Crippen LogP contribution in [0, 0.1) is 18.8 Å². The summed E-state index contributed by atoms with van der Waals surface area (Å²) >= 11 is 0. The molecular weight excluding hydrogens is 258 g/mol. The predicted molar refractivity (Wildman–Crippen MR) is 73.1 cm³/mol. The van der Waals surface area contributed by atoms with Crippen molar-refractivity contribution >= 4 is 5.91 Å². The fraction of sp³-hybridized carbons (Fsp3) is 0.400. The average Bonchev–Trinajstić information content (AvgIpc) is 2.76. The van der Waals surface area contributed by atoms with Gasteiger partial charge in [-0.3, -0.25) is 4.79 Å². The molecule has 2 unspecified atom stereocenters. The van der Waals surface area contributed by atoms with E-state index in [0.29, 0.717) is 11.1 Å². The minimum Gasteiger partial charge on any atom is -0.388 e. The minimum absolute atomic E-state index is 0.112. The zero-order chi connectivity index (χ0) is 14.7. The van der Waals surface area contributed by atoms with Crippen LogP contribution < -0.4 is 0 Å². The summed E-state index contributed by atoms with van der Waals surface area (Å²) in [6.07, 6.45) is -1.81. The second kappa shape index (κ2) is 6.06. The van der Waals surface area contributed by atoms with Crippen LogP contribution in [0.1, 0.15) is 21.5 Å². The Kier molecular flexibility index (Phi) is 4.40. The molecule has 0 radical (unpaired) electrons. The minimum atomic E-state index is -0.907. The van der Waals surface area contributed by atoms with Gasteiger partial charge in [0.25, 0.3) is 5.91 Å². The maximum Gasteiger partial charge on any atom is 0.255 e. The Bertz CT molecular complexity index is 563. The Hall–Kier alpha value is -1.87. The third-order valence-corrected chi connectivity index (χ3v) is 3.25. The monoisotopic (exact) mass is 275 g/mol. The van der Waals surface area contributed by atoms with Gasteiger partial charge in [0.15, 0.2) is 0 Å². The first kappa shape index (κ1) is 14.5. The van der Waals surface area contributed by atoms with E-state index in [1.54, 1.807) is 12.1 Å². The molecule has 106 valence electrons. The van der Waals surface area contributed by atoms with Crippen LogP contribution in [0.2, 0.25) is 0 Å². The number of carbonyl (C=O) groups excluding carboxylic acids is 1. The van der Waals surface area contributed by atoms with Gasteiger partial charge in [0, 0.05) is 18.7 Å². The van der Waals surface area contributed by atoms with Gasteiger partial charge in [0.05, 0.1) is 17.8 Å². The first-order valence-electron chi connectivity index (χ1n) is 6.38. The maximum absolute atomic E-state index is 12.4. The lowest BCUT2D eigenvalue weighted by atomic mass is 10.0. The number of nitrogens with zero attached hydrogens (tertiary/aromatic N) is 1. The van der Waals surface area contributed by atoms with Crippen molar-refractivity contribution in [2.24, 2.45) is 0 Å². The molecule has 3 N–H and O–H groups in total. The highest BCUT2D eigenvalue weighted by Gasteiger charge is 2.33. The van der Waals surface area contributed by atoms with E-state index in [4.69, 9.17) is 5.11 Å². The molecule has 1 aromatic carbocycles. The maximum atomic E-state index is 12.4. The first-order chi connectivity index (χ1) is 9.52. The SMILES string of the molecule is Cc1ccc(C#CCO)c(C(=O)N2CC(O)C(O)C2)c1. The number of hydrogen-bond acceptors (Lipinski definition) is 4. The van der Waals surface area contributed by atoms with Gasteiger partial charge in [-0.1, -0.05) is 23.5 Å². The normalized spacial score (nSPS) is 21.5. The number of β-amino-alcohol motifs (C(OH)–C–C–N with tert-alkyl or cyclic N) is 2. The van der Waals surface area contributed by atoms with E-state index in [-0.39, 0.29) is 25.6 Å². The van der Waals surface area contributed by atoms with Crippen molar-refractivity contribution < 1.29 is 20.1 Å². The van der Waals surface area contributed by atoms with Crippen molar-refractivity contribution in [1.29, 1.82) is 0 Å². The van der Waals surface area contributed by atoms with Crippen molar-refractivity contribution in [3.8, 4) is 11.8 Å². The Balaban J connectivity index is 2.31. The number of rotatable bonds is 1. The van der Waals surface area contributed by atoms with Crippen molar-refractivity contribution in [3.05, 3.63) is 34.9 Å². The van der Waals surface area contributed by atoms with Crippen LogP contribution >= 0.6 is 0 Å². The molecule has 1 fully saturated rings. The van der Waals surface area contributed by atoms with Gasteiger partial charge in [-0.05, 0) is 19.1 Å². The number of benzene rings is 1. The van der Waals surface area contributed by atoms with Gasteiger partial charge in [-0.2, -0.15) is 0 Å². The number of aryl methyl sites for hydroxylation is 1. The molecule has 0 aromatic heterocycles. The standard InChI is InChI=1S/C15H17NO4/c1-10-4-5-11(3-2-6-17)12(7-10)15(20)16-8-13(18)14(19)9-16/h4-5,7,13-14,17-19H,6,8-9H2,1H3. The molecule has 1 heterocycles. The molecule has 1 amide bonds. The summed E-state index contributed by atoms with van der Waals surface area (Å²) in [5.41, 5.74) is 1.88. The highest BCUT2D eigenvalue weighted by atomic mass is 16.3. The van der Waals surface area contributed by atoms with Gasteiger partial charge in [-0.15, -0.1) is 0 Å². The molecule has 1 saturated heterocycles. The third kappa shape index (κ3) is 2.99. The van der Waals surface area contributed by atoms with E-state index >= 15 is 0 Å². The number of aliphatic hydroxyl groups excluding tert-OH is 3. The lowest BCUT2D eigenvalue weighted by Crippen LogP contribution is -2.30. The Morgan fingerprint density at radius 1 is 1.35 bits per heavy atom. The fourth-order valence-corrected chi connectivity index (χ4v) is 2.18. The van der Waals surface area contributed by atoms with Crippen molar-refractivity contribution in [2.45, 2.75) is 19.1 Å². The summed E-state index contributed by atoms with van der Waals surface area (Å²) < 4.78 is 0. The molecule has 0 saturated carbocycles. The molecule has 1 aliphatic rings. The van der Waals surface area contributed by atoms with Gasteiger partial charge >= 0.3 is 0 Å². The van der Waals surface area contributed by atoms with Crippen LogP contribution in [0.15, 0.2) is 18.2 Å². The molecule has 1 aliphatic heterocycles. The molecule has 5 nitrogen and oxygen atoms in total. The highest BCUT2D eigenvalue weighted by Crippen LogP contribution is 2.18. The summed E-state index contributed by atoms with van der Waals surface area (Å²) in [6.45, 7) is 1.82. The largest absolute Gasteiger partial charge is 0.388 e. The number of aliphatic hydroxyl groups is 3. The van der Waals surface area contributed by atoms with Crippen LogP contribution in [-0.2, 0) is 0 Å². The molecule has 0 spiro atoms. The van der Waals surface area contributed by atoms with Crippen LogP contribution in [-0.4, -0.2) is 58.0 Å². The second-order valence-corrected chi connectivity index (χ2v) is 4.85. The van der Waals surface area contributed by atoms with Crippen molar-refractivity contribution in [3.63, 3.8) is 0 Å².